The largest absolute Gasteiger partial charge is 0.595 e. The average molecular weight is 577 g/mol. The number of hydrogen-bond donors (Lipinski definition) is 4. The number of allylic oxidation sites excluding steroid dienone is 1. The van der Waals surface area contributed by atoms with E-state index in [1.54, 1.807) is 6.07 Å². The molecule has 0 aromatic heterocycles. The number of carbonyl (C=O) groups is 3. The normalized spacial score (nSPS) is 19.2. The molecule has 230 valence electrons. The lowest BCUT2D eigenvalue weighted by Crippen LogP contribution is -2.99. The number of hydrogen-bond acceptors (Lipinski definition) is 8. The molecule has 1 aliphatic rings. The lowest BCUT2D eigenvalue weighted by molar-refractivity contribution is -0.991. The topological polar surface area (TPSA) is 150 Å². The van der Waals surface area contributed by atoms with E-state index < -0.39 is 23.3 Å². The van der Waals surface area contributed by atoms with Crippen LogP contribution in [-0.4, -0.2) is 54.3 Å². The number of benzene rings is 1. The molecule has 1 aromatic rings. The molecule has 0 aliphatic heterocycles. The van der Waals surface area contributed by atoms with Gasteiger partial charge >= 0.3 is 5.97 Å². The first-order chi connectivity index (χ1) is 19.7. The quantitative estimate of drug-likeness (QED) is 0.0842. The van der Waals surface area contributed by atoms with Gasteiger partial charge in [0.05, 0.1) is 20.3 Å². The van der Waals surface area contributed by atoms with E-state index in [0.29, 0.717) is 24.2 Å². The third-order valence-electron chi connectivity index (χ3n) is 7.76. The Hall–Kier alpha value is -2.79. The van der Waals surface area contributed by atoms with Crippen molar-refractivity contribution in [1.82, 2.24) is 5.32 Å². The van der Waals surface area contributed by atoms with E-state index >= 15 is 0 Å². The van der Waals surface area contributed by atoms with E-state index in [-0.39, 0.29) is 42.0 Å². The van der Waals surface area contributed by atoms with Gasteiger partial charge in [0.1, 0.15) is 11.8 Å². The molecule has 0 radical (unpaired) electrons. The highest BCUT2D eigenvalue weighted by molar-refractivity contribution is 5.85. The molecule has 0 heterocycles. The van der Waals surface area contributed by atoms with Crippen LogP contribution in [0, 0.1) is 17.0 Å². The third-order valence-corrected chi connectivity index (χ3v) is 7.76. The van der Waals surface area contributed by atoms with Crippen LogP contribution >= 0.6 is 0 Å². The van der Waals surface area contributed by atoms with Crippen LogP contribution < -0.4 is 15.3 Å². The van der Waals surface area contributed by atoms with E-state index in [1.807, 2.05) is 12.2 Å². The number of Topliss-reactive ketones (excluding diaryl/α,β-unsaturated/α-hetero) is 1. The van der Waals surface area contributed by atoms with Crippen molar-refractivity contribution in [3.8, 4) is 5.75 Å². The minimum atomic E-state index is -1.15. The van der Waals surface area contributed by atoms with Crippen LogP contribution in [0.2, 0.25) is 0 Å². The standard InChI is InChI=1S/C31H48N2O8/c1-4-5-8-11-24(34)17-15-23-16-18-28(35)25(23)12-9-6-7-10-13-30(36)32-26(31(37)41-3)20-22-14-19-29(40-2)27(21-22)33(38)39/h14-15,17,19,21,23-26,33-34,38H,4-13,16,18,20H2,1-3H3,(H,32,36)/t23-,24-,25-,26+/m1/s1. The van der Waals surface area contributed by atoms with Crippen LogP contribution in [0.4, 0.5) is 5.69 Å². The zero-order valence-electron chi connectivity index (χ0n) is 24.7. The molecule has 1 unspecified atom stereocenters. The number of quaternary nitrogens is 1. The van der Waals surface area contributed by atoms with E-state index in [2.05, 4.69) is 12.2 Å². The number of ketones is 1. The molecular formula is C31H48N2O8. The fourth-order valence-electron chi connectivity index (χ4n) is 5.40. The van der Waals surface area contributed by atoms with Gasteiger partial charge in [-0.15, -0.1) is 0 Å². The van der Waals surface area contributed by atoms with Crippen LogP contribution in [0.25, 0.3) is 0 Å². The third kappa shape index (κ3) is 11.9. The number of ether oxygens (including phenoxy) is 2. The number of methoxy groups -OCH3 is 2. The fraction of sp³-hybridized carbons (Fsp3) is 0.645. The Morgan fingerprint density at radius 3 is 2.61 bits per heavy atom. The summed E-state index contributed by atoms with van der Waals surface area (Å²) < 4.78 is 9.92. The van der Waals surface area contributed by atoms with Crippen molar-refractivity contribution in [1.29, 1.82) is 0 Å². The summed E-state index contributed by atoms with van der Waals surface area (Å²) in [4.78, 5) is 37.3. The van der Waals surface area contributed by atoms with Gasteiger partial charge in [-0.05, 0) is 43.2 Å². The van der Waals surface area contributed by atoms with Crippen LogP contribution in [0.15, 0.2) is 30.4 Å². The highest BCUT2D eigenvalue weighted by atomic mass is 16.8. The van der Waals surface area contributed by atoms with Crippen molar-refractivity contribution >= 4 is 23.3 Å². The molecule has 1 saturated carbocycles. The van der Waals surface area contributed by atoms with E-state index in [1.165, 1.54) is 26.4 Å². The Balaban J connectivity index is 1.76. The molecule has 1 amide bonds. The molecule has 1 aliphatic carbocycles. The zero-order chi connectivity index (χ0) is 30.2. The molecular weight excluding hydrogens is 528 g/mol. The van der Waals surface area contributed by atoms with Crippen molar-refractivity contribution < 1.29 is 39.4 Å². The molecule has 2 rings (SSSR count). The summed E-state index contributed by atoms with van der Waals surface area (Å²) in [5.41, 5.74) is 0.529. The molecule has 0 bridgehead atoms. The molecule has 0 spiro atoms. The van der Waals surface area contributed by atoms with E-state index in [4.69, 9.17) is 9.47 Å². The SMILES string of the molecule is CCCCC[C@@H](O)C=C[C@@H]1CCC(=O)[C@@H]1CCCCCCC(=O)N[C@@H](Cc1ccc(OC)c([NH+]([O-])O)c1)C(=O)OC. The summed E-state index contributed by atoms with van der Waals surface area (Å²) >= 11 is 0. The monoisotopic (exact) mass is 576 g/mol. The minimum absolute atomic E-state index is 0.0119. The smallest absolute Gasteiger partial charge is 0.328 e. The summed E-state index contributed by atoms with van der Waals surface area (Å²) in [6.45, 7) is 2.14. The van der Waals surface area contributed by atoms with Gasteiger partial charge < -0.3 is 25.1 Å². The maximum Gasteiger partial charge on any atom is 0.328 e. The lowest BCUT2D eigenvalue weighted by Gasteiger charge is -2.19. The predicted molar refractivity (Wildman–Crippen MR) is 155 cm³/mol. The van der Waals surface area contributed by atoms with Crippen LogP contribution in [0.1, 0.15) is 89.5 Å². The maximum atomic E-state index is 12.6. The first-order valence-corrected chi connectivity index (χ1v) is 14.9. The van der Waals surface area contributed by atoms with Crippen LogP contribution in [-0.2, 0) is 25.5 Å². The molecule has 4 N–H and O–H groups in total. The Bertz CT molecular complexity index is 996. The van der Waals surface area contributed by atoms with Gasteiger partial charge in [0, 0.05) is 31.2 Å². The molecule has 10 nitrogen and oxygen atoms in total. The second-order valence-electron chi connectivity index (χ2n) is 10.9. The Morgan fingerprint density at radius 1 is 1.17 bits per heavy atom. The first kappa shape index (κ1) is 34.4. The number of carbonyl (C=O) groups excluding carboxylic acids is 3. The van der Waals surface area contributed by atoms with Crippen LogP contribution in [0.3, 0.4) is 0 Å². The summed E-state index contributed by atoms with van der Waals surface area (Å²) in [5.74, 6) is -0.161. The van der Waals surface area contributed by atoms with Gasteiger partial charge in [-0.3, -0.25) is 9.59 Å². The molecule has 0 saturated heterocycles. The van der Waals surface area contributed by atoms with Gasteiger partial charge in [0.25, 0.3) is 0 Å². The van der Waals surface area contributed by atoms with E-state index in [9.17, 15) is 29.9 Å². The number of nitrogens with one attached hydrogen (secondary N) is 2. The van der Waals surface area contributed by atoms with Gasteiger partial charge in [-0.25, -0.2) is 10.0 Å². The minimum Gasteiger partial charge on any atom is -0.595 e. The van der Waals surface area contributed by atoms with Gasteiger partial charge in [-0.2, -0.15) is 5.23 Å². The predicted octanol–water partition coefficient (Wildman–Crippen LogP) is 3.73. The average Bonchev–Trinajstić information content (AvgIpc) is 3.31. The van der Waals surface area contributed by atoms with Crippen LogP contribution in [0.5, 0.6) is 5.75 Å². The molecule has 5 atom stereocenters. The number of esters is 1. The Morgan fingerprint density at radius 2 is 1.93 bits per heavy atom. The summed E-state index contributed by atoms with van der Waals surface area (Å²) in [5, 5.41) is 32.7. The Labute approximate surface area is 243 Å². The fourth-order valence-corrected chi connectivity index (χ4v) is 5.40. The van der Waals surface area contributed by atoms with Crippen molar-refractivity contribution in [2.75, 3.05) is 14.2 Å². The summed E-state index contributed by atoms with van der Waals surface area (Å²) in [7, 11) is 2.62. The lowest BCUT2D eigenvalue weighted by atomic mass is 9.89. The number of aliphatic hydroxyl groups is 1. The number of aliphatic hydroxyl groups excluding tert-OH is 1. The van der Waals surface area contributed by atoms with Gasteiger partial charge in [0.15, 0.2) is 5.75 Å². The Kier molecular flexibility index (Phi) is 15.6. The molecule has 10 heteroatoms. The second-order valence-corrected chi connectivity index (χ2v) is 10.9. The van der Waals surface area contributed by atoms with Crippen molar-refractivity contribution in [3.63, 3.8) is 0 Å². The molecule has 41 heavy (non-hydrogen) atoms. The van der Waals surface area contributed by atoms with Gasteiger partial charge in [0.2, 0.25) is 11.6 Å². The van der Waals surface area contributed by atoms with Crippen molar-refractivity contribution in [2.45, 2.75) is 103 Å². The first-order valence-electron chi connectivity index (χ1n) is 14.9. The summed E-state index contributed by atoms with van der Waals surface area (Å²) in [6.07, 6.45) is 13.3. The highest BCUT2D eigenvalue weighted by Crippen LogP contribution is 2.34. The second kappa shape index (κ2) is 18.6. The number of rotatable bonds is 19. The van der Waals surface area contributed by atoms with E-state index in [0.717, 1.165) is 57.8 Å². The number of amides is 1. The number of unbranched alkanes of at least 4 members (excludes halogenated alkanes) is 5. The van der Waals surface area contributed by atoms with Crippen molar-refractivity contribution in [3.05, 3.63) is 41.1 Å². The maximum absolute atomic E-state index is 12.6. The highest BCUT2D eigenvalue weighted by Gasteiger charge is 2.32. The molecule has 1 aromatic carbocycles. The zero-order valence-corrected chi connectivity index (χ0v) is 24.7. The van der Waals surface area contributed by atoms with Gasteiger partial charge in [-0.1, -0.05) is 63.7 Å². The molecule has 1 fully saturated rings. The van der Waals surface area contributed by atoms with Crippen molar-refractivity contribution in [2.24, 2.45) is 11.8 Å². The summed E-state index contributed by atoms with van der Waals surface area (Å²) in [6, 6.07) is 3.66.